The smallest absolute Gasteiger partial charge is 0.123 e. The van der Waals surface area contributed by atoms with Crippen molar-refractivity contribution in [2.45, 2.75) is 25.8 Å². The molecule has 0 amide bonds. The van der Waals surface area contributed by atoms with Crippen molar-refractivity contribution < 1.29 is 4.39 Å². The van der Waals surface area contributed by atoms with Crippen molar-refractivity contribution in [2.75, 3.05) is 7.05 Å². The quantitative estimate of drug-likeness (QED) is 0.857. The van der Waals surface area contributed by atoms with Crippen LogP contribution in [0.3, 0.4) is 0 Å². The summed E-state index contributed by atoms with van der Waals surface area (Å²) < 4.78 is 12.9. The normalized spacial score (nSPS) is 12.4. The Balaban J connectivity index is 2.17. The summed E-state index contributed by atoms with van der Waals surface area (Å²) in [5.74, 6) is -0.183. The first kappa shape index (κ1) is 13.8. The summed E-state index contributed by atoms with van der Waals surface area (Å²) in [6, 6.07) is 15.6. The van der Waals surface area contributed by atoms with Gasteiger partial charge < -0.3 is 5.32 Å². The number of halogens is 1. The number of hydrogen-bond donors (Lipinski definition) is 1. The molecule has 1 N–H and O–H groups in total. The van der Waals surface area contributed by atoms with E-state index in [-0.39, 0.29) is 11.9 Å². The summed E-state index contributed by atoms with van der Waals surface area (Å²) in [5, 5.41) is 3.34. The first-order valence-corrected chi connectivity index (χ1v) is 6.73. The van der Waals surface area contributed by atoms with Crippen molar-refractivity contribution >= 4 is 0 Å². The third kappa shape index (κ3) is 3.65. The molecule has 0 aliphatic heterocycles. The number of likely N-dealkylation sites (N-methyl/N-ethyl adjacent to an activating group) is 1. The molecule has 1 atom stereocenters. The second-order valence-corrected chi connectivity index (χ2v) is 4.77. The van der Waals surface area contributed by atoms with Gasteiger partial charge in [-0.2, -0.15) is 0 Å². The van der Waals surface area contributed by atoms with Crippen molar-refractivity contribution in [3.8, 4) is 0 Å². The van der Waals surface area contributed by atoms with Gasteiger partial charge in [0.15, 0.2) is 0 Å². The maximum atomic E-state index is 12.9. The molecular weight excluding hydrogens is 237 g/mol. The molecule has 1 nitrogen and oxygen atoms in total. The van der Waals surface area contributed by atoms with Gasteiger partial charge in [0.2, 0.25) is 0 Å². The molecule has 0 fully saturated rings. The van der Waals surface area contributed by atoms with Crippen LogP contribution < -0.4 is 5.32 Å². The van der Waals surface area contributed by atoms with Crippen LogP contribution >= 0.6 is 0 Å². The average molecular weight is 257 g/mol. The van der Waals surface area contributed by atoms with Gasteiger partial charge in [-0.1, -0.05) is 43.3 Å². The summed E-state index contributed by atoms with van der Waals surface area (Å²) in [6.45, 7) is 2.16. The van der Waals surface area contributed by atoms with Crippen LogP contribution in [0.4, 0.5) is 4.39 Å². The maximum Gasteiger partial charge on any atom is 0.123 e. The highest BCUT2D eigenvalue weighted by Crippen LogP contribution is 2.19. The van der Waals surface area contributed by atoms with Crippen LogP contribution in [0.2, 0.25) is 0 Å². The van der Waals surface area contributed by atoms with Gasteiger partial charge in [0.25, 0.3) is 0 Å². The fourth-order valence-corrected chi connectivity index (χ4v) is 2.27. The van der Waals surface area contributed by atoms with Gasteiger partial charge in [-0.05, 0) is 48.7 Å². The van der Waals surface area contributed by atoms with E-state index >= 15 is 0 Å². The molecule has 0 bridgehead atoms. The van der Waals surface area contributed by atoms with Crippen molar-refractivity contribution in [3.63, 3.8) is 0 Å². The number of hydrogen-bond acceptors (Lipinski definition) is 1. The lowest BCUT2D eigenvalue weighted by molar-refractivity contribution is 0.588. The summed E-state index contributed by atoms with van der Waals surface area (Å²) in [6.07, 6.45) is 1.91. The Morgan fingerprint density at radius 1 is 1.05 bits per heavy atom. The topological polar surface area (TPSA) is 12.0 Å². The minimum absolute atomic E-state index is 0.183. The van der Waals surface area contributed by atoms with Gasteiger partial charge in [0, 0.05) is 6.04 Å². The van der Waals surface area contributed by atoms with Gasteiger partial charge in [-0.3, -0.25) is 0 Å². The zero-order valence-electron chi connectivity index (χ0n) is 11.5. The first-order valence-electron chi connectivity index (χ1n) is 6.73. The number of nitrogens with one attached hydrogen (secondary N) is 1. The zero-order chi connectivity index (χ0) is 13.7. The van der Waals surface area contributed by atoms with E-state index in [1.807, 2.05) is 19.2 Å². The molecule has 2 rings (SSSR count). The highest BCUT2D eigenvalue weighted by molar-refractivity contribution is 5.28. The fourth-order valence-electron chi connectivity index (χ4n) is 2.27. The second kappa shape index (κ2) is 6.48. The Morgan fingerprint density at radius 3 is 2.42 bits per heavy atom. The molecule has 2 aromatic carbocycles. The average Bonchev–Trinajstić information content (AvgIpc) is 2.46. The van der Waals surface area contributed by atoms with Crippen molar-refractivity contribution in [1.82, 2.24) is 5.32 Å². The van der Waals surface area contributed by atoms with Crippen molar-refractivity contribution in [2.24, 2.45) is 0 Å². The molecule has 0 aliphatic rings. The lowest BCUT2D eigenvalue weighted by atomic mass is 9.97. The lowest BCUT2D eigenvalue weighted by Gasteiger charge is -2.17. The summed E-state index contributed by atoms with van der Waals surface area (Å²) in [7, 11) is 1.97. The van der Waals surface area contributed by atoms with Crippen LogP contribution in [0.1, 0.15) is 29.7 Å². The lowest BCUT2D eigenvalue weighted by Crippen LogP contribution is -2.19. The van der Waals surface area contributed by atoms with Gasteiger partial charge in [0.1, 0.15) is 5.82 Å². The molecule has 0 radical (unpaired) electrons. The Kier molecular flexibility index (Phi) is 4.69. The number of aryl methyl sites for hydroxylation is 1. The summed E-state index contributed by atoms with van der Waals surface area (Å²) in [4.78, 5) is 0. The monoisotopic (exact) mass is 257 g/mol. The van der Waals surface area contributed by atoms with Crippen LogP contribution in [0.15, 0.2) is 48.5 Å². The Labute approximate surface area is 114 Å². The SMILES string of the molecule is CCc1cccc(C(Cc2ccc(F)cc2)NC)c1. The van der Waals surface area contributed by atoms with Gasteiger partial charge in [-0.25, -0.2) is 4.39 Å². The Hall–Kier alpha value is -1.67. The highest BCUT2D eigenvalue weighted by Gasteiger charge is 2.10. The second-order valence-electron chi connectivity index (χ2n) is 4.77. The molecule has 2 heteroatoms. The molecule has 0 saturated heterocycles. The zero-order valence-corrected chi connectivity index (χ0v) is 11.5. The Morgan fingerprint density at radius 2 is 1.79 bits per heavy atom. The van der Waals surface area contributed by atoms with E-state index in [0.717, 1.165) is 18.4 Å². The fraction of sp³-hybridized carbons (Fsp3) is 0.294. The predicted octanol–water partition coefficient (Wildman–Crippen LogP) is 3.89. The molecule has 2 aromatic rings. The molecule has 19 heavy (non-hydrogen) atoms. The molecule has 0 heterocycles. The largest absolute Gasteiger partial charge is 0.313 e. The van der Waals surface area contributed by atoms with E-state index in [2.05, 4.69) is 36.5 Å². The molecule has 0 saturated carbocycles. The Bertz CT molecular complexity index is 519. The van der Waals surface area contributed by atoms with E-state index in [1.165, 1.54) is 23.3 Å². The van der Waals surface area contributed by atoms with E-state index in [1.54, 1.807) is 0 Å². The van der Waals surface area contributed by atoms with Gasteiger partial charge >= 0.3 is 0 Å². The van der Waals surface area contributed by atoms with Crippen LogP contribution in [-0.2, 0) is 12.8 Å². The van der Waals surface area contributed by atoms with E-state index in [0.29, 0.717) is 0 Å². The van der Waals surface area contributed by atoms with Crippen LogP contribution in [-0.4, -0.2) is 7.05 Å². The summed E-state index contributed by atoms with van der Waals surface area (Å²) >= 11 is 0. The molecule has 1 unspecified atom stereocenters. The third-order valence-corrected chi connectivity index (χ3v) is 3.46. The standard InChI is InChI=1S/C17H20FN/c1-3-13-5-4-6-15(11-13)17(19-2)12-14-7-9-16(18)10-8-14/h4-11,17,19H,3,12H2,1-2H3. The van der Waals surface area contributed by atoms with Gasteiger partial charge in [-0.15, -0.1) is 0 Å². The van der Waals surface area contributed by atoms with Crippen LogP contribution in [0.5, 0.6) is 0 Å². The van der Waals surface area contributed by atoms with Crippen molar-refractivity contribution in [3.05, 3.63) is 71.0 Å². The van der Waals surface area contributed by atoms with E-state index in [9.17, 15) is 4.39 Å². The number of rotatable bonds is 5. The minimum atomic E-state index is -0.183. The molecule has 0 aliphatic carbocycles. The molecule has 0 spiro atoms. The number of benzene rings is 2. The highest BCUT2D eigenvalue weighted by atomic mass is 19.1. The van der Waals surface area contributed by atoms with E-state index in [4.69, 9.17) is 0 Å². The van der Waals surface area contributed by atoms with Crippen LogP contribution in [0.25, 0.3) is 0 Å². The molecule has 100 valence electrons. The molecule has 0 aromatic heterocycles. The van der Waals surface area contributed by atoms with Crippen LogP contribution in [0, 0.1) is 5.82 Å². The molecular formula is C17H20FN. The first-order chi connectivity index (χ1) is 9.22. The summed E-state index contributed by atoms with van der Waals surface area (Å²) in [5.41, 5.74) is 3.77. The van der Waals surface area contributed by atoms with Gasteiger partial charge in [0.05, 0.1) is 0 Å². The maximum absolute atomic E-state index is 12.9. The third-order valence-electron chi connectivity index (χ3n) is 3.46. The minimum Gasteiger partial charge on any atom is -0.313 e. The predicted molar refractivity (Wildman–Crippen MR) is 77.7 cm³/mol. The van der Waals surface area contributed by atoms with E-state index < -0.39 is 0 Å². The van der Waals surface area contributed by atoms with Crippen molar-refractivity contribution in [1.29, 1.82) is 0 Å².